The highest BCUT2D eigenvalue weighted by Gasteiger charge is 2.30. The van der Waals surface area contributed by atoms with Crippen molar-refractivity contribution in [3.05, 3.63) is 33.7 Å². The first-order chi connectivity index (χ1) is 7.08. The molecule has 80 valence electrons. The van der Waals surface area contributed by atoms with E-state index < -0.39 is 6.10 Å². The minimum Gasteiger partial charge on any atom is -0.389 e. The molecule has 15 heavy (non-hydrogen) atoms. The molecule has 5 heteroatoms. The Hall–Kier alpha value is -1.62. The topological polar surface area (TPSA) is 73.4 Å². The predicted octanol–water partition coefficient (Wildman–Crippen LogP) is -0.500. The molecule has 0 atom stereocenters. The summed E-state index contributed by atoms with van der Waals surface area (Å²) in [6, 6.07) is 3.20. The van der Waals surface area contributed by atoms with Crippen molar-refractivity contribution in [1.29, 1.82) is 0 Å². The molecule has 1 fully saturated rings. The van der Waals surface area contributed by atoms with Gasteiger partial charge in [0, 0.05) is 18.8 Å². The Bertz CT molecular complexity index is 446. The number of carbonyl (C=O) groups excluding carboxylic acids is 1. The van der Waals surface area contributed by atoms with Crippen molar-refractivity contribution in [3.63, 3.8) is 0 Å². The average Bonchev–Trinajstić information content (AvgIpc) is 2.12. The SMILES string of the molecule is Cc1ccc(C(=O)N2CC(O)C2)c(=O)[nH]1. The molecule has 1 aromatic heterocycles. The van der Waals surface area contributed by atoms with Gasteiger partial charge in [0.15, 0.2) is 0 Å². The molecule has 2 heterocycles. The molecule has 0 aliphatic carbocycles. The lowest BCUT2D eigenvalue weighted by molar-refractivity contribution is 0.00577. The highest BCUT2D eigenvalue weighted by molar-refractivity contribution is 5.94. The number of amides is 1. The van der Waals surface area contributed by atoms with E-state index in [9.17, 15) is 9.59 Å². The second-order valence-electron chi connectivity index (χ2n) is 3.75. The number of H-pyrrole nitrogens is 1. The minimum atomic E-state index is -0.446. The maximum absolute atomic E-state index is 11.7. The molecule has 1 aliphatic rings. The first kappa shape index (κ1) is 9.92. The van der Waals surface area contributed by atoms with Crippen LogP contribution in [0.15, 0.2) is 16.9 Å². The quantitative estimate of drug-likeness (QED) is 0.653. The smallest absolute Gasteiger partial charge is 0.260 e. The molecule has 0 radical (unpaired) electrons. The van der Waals surface area contributed by atoms with Crippen LogP contribution in [-0.2, 0) is 0 Å². The molecule has 0 bridgehead atoms. The van der Waals surface area contributed by atoms with E-state index in [4.69, 9.17) is 5.11 Å². The standard InChI is InChI=1S/C10H12N2O3/c1-6-2-3-8(9(14)11-6)10(15)12-4-7(13)5-12/h2-3,7,13H,4-5H2,1H3,(H,11,14). The van der Waals surface area contributed by atoms with Crippen molar-refractivity contribution in [3.8, 4) is 0 Å². The molecular formula is C10H12N2O3. The molecule has 0 saturated carbocycles. The number of pyridine rings is 1. The highest BCUT2D eigenvalue weighted by atomic mass is 16.3. The molecule has 1 aromatic rings. The summed E-state index contributed by atoms with van der Waals surface area (Å²) >= 11 is 0. The van der Waals surface area contributed by atoms with E-state index in [0.717, 1.165) is 5.69 Å². The first-order valence-electron chi connectivity index (χ1n) is 4.75. The van der Waals surface area contributed by atoms with Gasteiger partial charge in [0.1, 0.15) is 5.56 Å². The van der Waals surface area contributed by atoms with Crippen LogP contribution in [0.2, 0.25) is 0 Å². The average molecular weight is 208 g/mol. The Kier molecular flexibility index (Phi) is 2.32. The van der Waals surface area contributed by atoms with Crippen LogP contribution in [0.3, 0.4) is 0 Å². The normalized spacial score (nSPS) is 16.3. The lowest BCUT2D eigenvalue weighted by atomic mass is 10.1. The molecule has 2 rings (SSSR count). The van der Waals surface area contributed by atoms with Crippen LogP contribution in [0, 0.1) is 6.92 Å². The van der Waals surface area contributed by atoms with Crippen molar-refractivity contribution in [2.75, 3.05) is 13.1 Å². The Labute approximate surface area is 86.3 Å². The van der Waals surface area contributed by atoms with Gasteiger partial charge in [0.05, 0.1) is 6.10 Å². The third-order valence-corrected chi connectivity index (χ3v) is 2.44. The summed E-state index contributed by atoms with van der Waals surface area (Å²) in [5.74, 6) is -0.318. The van der Waals surface area contributed by atoms with Gasteiger partial charge in [-0.2, -0.15) is 0 Å². The maximum atomic E-state index is 11.7. The van der Waals surface area contributed by atoms with Crippen molar-refractivity contribution in [2.24, 2.45) is 0 Å². The lowest BCUT2D eigenvalue weighted by Crippen LogP contribution is -2.54. The Morgan fingerprint density at radius 3 is 2.73 bits per heavy atom. The van der Waals surface area contributed by atoms with Gasteiger partial charge in [-0.15, -0.1) is 0 Å². The number of β-amino-alcohol motifs (C(OH)–C–C–N with tert-alkyl or cyclic N) is 1. The number of hydrogen-bond acceptors (Lipinski definition) is 3. The van der Waals surface area contributed by atoms with Gasteiger partial charge in [-0.25, -0.2) is 0 Å². The van der Waals surface area contributed by atoms with Gasteiger partial charge in [0.2, 0.25) is 0 Å². The monoisotopic (exact) mass is 208 g/mol. The largest absolute Gasteiger partial charge is 0.389 e. The molecule has 0 unspecified atom stereocenters. The van der Waals surface area contributed by atoms with E-state index in [1.54, 1.807) is 13.0 Å². The van der Waals surface area contributed by atoms with E-state index in [-0.39, 0.29) is 17.0 Å². The molecule has 5 nitrogen and oxygen atoms in total. The minimum absolute atomic E-state index is 0.132. The third kappa shape index (κ3) is 1.78. The number of likely N-dealkylation sites (tertiary alicyclic amines) is 1. The summed E-state index contributed by atoms with van der Waals surface area (Å²) in [5, 5.41) is 9.05. The zero-order chi connectivity index (χ0) is 11.0. The summed E-state index contributed by atoms with van der Waals surface area (Å²) < 4.78 is 0. The van der Waals surface area contributed by atoms with Gasteiger partial charge in [-0.05, 0) is 19.1 Å². The first-order valence-corrected chi connectivity index (χ1v) is 4.75. The van der Waals surface area contributed by atoms with Gasteiger partial charge in [-0.3, -0.25) is 9.59 Å². The van der Waals surface area contributed by atoms with E-state index in [1.807, 2.05) is 0 Å². The number of aliphatic hydroxyl groups is 1. The van der Waals surface area contributed by atoms with Crippen molar-refractivity contribution >= 4 is 5.91 Å². The molecule has 1 saturated heterocycles. The fourth-order valence-corrected chi connectivity index (χ4v) is 1.53. The summed E-state index contributed by atoms with van der Waals surface area (Å²) in [5.41, 5.74) is 0.481. The Morgan fingerprint density at radius 1 is 1.53 bits per heavy atom. The van der Waals surface area contributed by atoms with Crippen molar-refractivity contribution < 1.29 is 9.90 Å². The van der Waals surface area contributed by atoms with Gasteiger partial charge in [-0.1, -0.05) is 0 Å². The molecular weight excluding hydrogens is 196 g/mol. The van der Waals surface area contributed by atoms with E-state index in [0.29, 0.717) is 13.1 Å². The second kappa shape index (κ2) is 3.51. The van der Waals surface area contributed by atoms with Crippen LogP contribution in [-0.4, -0.2) is 40.1 Å². The number of nitrogens with zero attached hydrogens (tertiary/aromatic N) is 1. The number of aryl methyl sites for hydroxylation is 1. The fourth-order valence-electron chi connectivity index (χ4n) is 1.53. The molecule has 0 aromatic carbocycles. The number of aromatic amines is 1. The highest BCUT2D eigenvalue weighted by Crippen LogP contribution is 2.10. The molecule has 2 N–H and O–H groups in total. The van der Waals surface area contributed by atoms with Crippen LogP contribution in [0.4, 0.5) is 0 Å². The number of aromatic nitrogens is 1. The van der Waals surface area contributed by atoms with E-state index in [1.165, 1.54) is 11.0 Å². The number of nitrogens with one attached hydrogen (secondary N) is 1. The summed E-state index contributed by atoms with van der Waals surface area (Å²) in [6.07, 6.45) is -0.446. The fraction of sp³-hybridized carbons (Fsp3) is 0.400. The van der Waals surface area contributed by atoms with Crippen molar-refractivity contribution in [2.45, 2.75) is 13.0 Å². The molecule has 1 aliphatic heterocycles. The van der Waals surface area contributed by atoms with Gasteiger partial charge >= 0.3 is 0 Å². The number of rotatable bonds is 1. The summed E-state index contributed by atoms with van der Waals surface area (Å²) in [7, 11) is 0. The van der Waals surface area contributed by atoms with Crippen LogP contribution in [0.25, 0.3) is 0 Å². The predicted molar refractivity (Wildman–Crippen MR) is 53.7 cm³/mol. The lowest BCUT2D eigenvalue weighted by Gasteiger charge is -2.35. The second-order valence-corrected chi connectivity index (χ2v) is 3.75. The van der Waals surface area contributed by atoms with Crippen LogP contribution < -0.4 is 5.56 Å². The van der Waals surface area contributed by atoms with Gasteiger partial charge in [0.25, 0.3) is 11.5 Å². The van der Waals surface area contributed by atoms with Crippen LogP contribution in [0.5, 0.6) is 0 Å². The Morgan fingerprint density at radius 2 is 2.20 bits per heavy atom. The number of hydrogen-bond donors (Lipinski definition) is 2. The third-order valence-electron chi connectivity index (χ3n) is 2.44. The van der Waals surface area contributed by atoms with Crippen molar-refractivity contribution in [1.82, 2.24) is 9.88 Å². The molecule has 1 amide bonds. The Balaban J connectivity index is 2.23. The maximum Gasteiger partial charge on any atom is 0.260 e. The van der Waals surface area contributed by atoms with Gasteiger partial charge < -0.3 is 15.0 Å². The van der Waals surface area contributed by atoms with Crippen LogP contribution >= 0.6 is 0 Å². The van der Waals surface area contributed by atoms with E-state index in [2.05, 4.69) is 4.98 Å². The zero-order valence-electron chi connectivity index (χ0n) is 8.36. The van der Waals surface area contributed by atoms with Crippen LogP contribution in [0.1, 0.15) is 16.1 Å². The summed E-state index contributed by atoms with van der Waals surface area (Å²) in [6.45, 7) is 2.38. The summed E-state index contributed by atoms with van der Waals surface area (Å²) in [4.78, 5) is 27.2. The molecule has 0 spiro atoms. The number of carbonyl (C=O) groups is 1. The number of aliphatic hydroxyl groups excluding tert-OH is 1. The van der Waals surface area contributed by atoms with E-state index >= 15 is 0 Å². The zero-order valence-corrected chi connectivity index (χ0v) is 8.36.